The Balaban J connectivity index is 1.34. The second-order valence-corrected chi connectivity index (χ2v) is 9.38. The number of likely N-dealkylation sites (tertiary alicyclic amines) is 1. The van der Waals surface area contributed by atoms with E-state index >= 15 is 0 Å². The zero-order chi connectivity index (χ0) is 24.1. The van der Waals surface area contributed by atoms with Crippen LogP contribution < -0.4 is 5.32 Å². The highest BCUT2D eigenvalue weighted by atomic mass is 35.5. The van der Waals surface area contributed by atoms with Crippen LogP contribution in [0.1, 0.15) is 35.7 Å². The molecule has 5 rings (SSSR count). The van der Waals surface area contributed by atoms with E-state index in [9.17, 15) is 23.9 Å². The molecule has 34 heavy (non-hydrogen) atoms. The number of carbonyl (C=O) groups is 3. The molecular formula is C25H23ClFN3O4. The van der Waals surface area contributed by atoms with Crippen molar-refractivity contribution in [3.05, 3.63) is 64.6 Å². The fourth-order valence-corrected chi connectivity index (χ4v) is 5.15. The Hall–Kier alpha value is -3.39. The third-order valence-corrected chi connectivity index (χ3v) is 7.02. The summed E-state index contributed by atoms with van der Waals surface area (Å²) in [4.78, 5) is 40.0. The van der Waals surface area contributed by atoms with Crippen molar-refractivity contribution in [2.24, 2.45) is 5.92 Å². The Morgan fingerprint density at radius 1 is 1.21 bits per heavy atom. The monoisotopic (exact) mass is 483 g/mol. The molecule has 2 N–H and O–H groups in total. The van der Waals surface area contributed by atoms with Crippen LogP contribution in [0.5, 0.6) is 5.75 Å². The van der Waals surface area contributed by atoms with Crippen molar-refractivity contribution in [1.29, 1.82) is 0 Å². The first-order valence-electron chi connectivity index (χ1n) is 11.1. The van der Waals surface area contributed by atoms with Gasteiger partial charge in [0.05, 0.1) is 5.02 Å². The number of amides is 2. The molecule has 3 aromatic rings. The molecule has 3 atom stereocenters. The summed E-state index contributed by atoms with van der Waals surface area (Å²) in [5.41, 5.74) is 1.35. The second-order valence-electron chi connectivity index (χ2n) is 8.97. The van der Waals surface area contributed by atoms with Crippen LogP contribution in [0.15, 0.2) is 42.6 Å². The zero-order valence-electron chi connectivity index (χ0n) is 18.4. The molecule has 9 heteroatoms. The summed E-state index contributed by atoms with van der Waals surface area (Å²) >= 11 is 5.82. The number of aromatic hydroxyl groups is 1. The van der Waals surface area contributed by atoms with E-state index in [-0.39, 0.29) is 59.0 Å². The largest absolute Gasteiger partial charge is 0.508 e. The lowest BCUT2D eigenvalue weighted by Crippen LogP contribution is -2.48. The van der Waals surface area contributed by atoms with Crippen molar-refractivity contribution in [2.45, 2.75) is 44.9 Å². The van der Waals surface area contributed by atoms with E-state index in [1.807, 2.05) is 0 Å². The second kappa shape index (κ2) is 8.43. The van der Waals surface area contributed by atoms with Gasteiger partial charge in [0.15, 0.2) is 5.78 Å². The Labute approximate surface area is 200 Å². The molecular weight excluding hydrogens is 461 g/mol. The average Bonchev–Trinajstić information content (AvgIpc) is 3.31. The minimum Gasteiger partial charge on any atom is -0.508 e. The predicted molar refractivity (Wildman–Crippen MR) is 124 cm³/mol. The average molecular weight is 484 g/mol. The number of aromatic nitrogens is 1. The molecule has 7 nitrogen and oxygen atoms in total. The summed E-state index contributed by atoms with van der Waals surface area (Å²) in [6.07, 6.45) is 3.04. The number of nitrogens with one attached hydrogen (secondary N) is 1. The quantitative estimate of drug-likeness (QED) is 0.523. The summed E-state index contributed by atoms with van der Waals surface area (Å²) in [6.45, 7) is 1.38. The number of phenols is 1. The number of phenolic OH excluding ortho intramolecular Hbond substituents is 1. The molecule has 0 spiro atoms. The Kier molecular flexibility index (Phi) is 5.56. The summed E-state index contributed by atoms with van der Waals surface area (Å²) in [5, 5.41) is 13.1. The molecule has 2 aliphatic rings. The topological polar surface area (TPSA) is 91.6 Å². The maximum absolute atomic E-state index is 14.2. The van der Waals surface area contributed by atoms with E-state index in [2.05, 4.69) is 5.32 Å². The number of hydrogen-bond donors (Lipinski definition) is 2. The third-order valence-electron chi connectivity index (χ3n) is 6.73. The summed E-state index contributed by atoms with van der Waals surface area (Å²) < 4.78 is 15.8. The number of halogens is 2. The number of fused-ring (bicyclic) bond motifs is 2. The molecule has 1 aliphatic carbocycles. The minimum atomic E-state index is -0.628. The minimum absolute atomic E-state index is 0.0112. The lowest BCUT2D eigenvalue weighted by molar-refractivity contribution is -0.140. The van der Waals surface area contributed by atoms with Gasteiger partial charge in [-0.05, 0) is 49.9 Å². The van der Waals surface area contributed by atoms with Gasteiger partial charge in [-0.3, -0.25) is 14.4 Å². The van der Waals surface area contributed by atoms with Crippen LogP contribution >= 0.6 is 11.6 Å². The fourth-order valence-electron chi connectivity index (χ4n) is 4.96. The highest BCUT2D eigenvalue weighted by molar-refractivity contribution is 6.30. The van der Waals surface area contributed by atoms with Crippen LogP contribution in [0.25, 0.3) is 10.9 Å². The van der Waals surface area contributed by atoms with Gasteiger partial charge in [0, 0.05) is 40.8 Å². The molecule has 2 amide bonds. The van der Waals surface area contributed by atoms with Crippen molar-refractivity contribution in [1.82, 2.24) is 14.8 Å². The number of piperidine rings is 1. The van der Waals surface area contributed by atoms with Crippen molar-refractivity contribution < 1.29 is 23.9 Å². The molecule has 1 saturated heterocycles. The van der Waals surface area contributed by atoms with Gasteiger partial charge in [-0.25, -0.2) is 4.39 Å². The van der Waals surface area contributed by atoms with Crippen LogP contribution in [-0.4, -0.2) is 44.3 Å². The van der Waals surface area contributed by atoms with Gasteiger partial charge >= 0.3 is 0 Å². The lowest BCUT2D eigenvalue weighted by Gasteiger charge is -2.27. The SMILES string of the molecule is CC(=O)c1cn(CC(=O)N2[C@@H]3CC3C[C@H]2C(=O)NCc2cccc(Cl)c2F)c2ccc(O)cc12. The van der Waals surface area contributed by atoms with Crippen molar-refractivity contribution >= 4 is 40.1 Å². The summed E-state index contributed by atoms with van der Waals surface area (Å²) in [5.74, 6) is -0.971. The maximum atomic E-state index is 14.2. The van der Waals surface area contributed by atoms with E-state index in [0.29, 0.717) is 22.9 Å². The number of Topliss-reactive ketones (excluding diaryl/α,β-unsaturated/α-hetero) is 1. The Morgan fingerprint density at radius 2 is 2.00 bits per heavy atom. The van der Waals surface area contributed by atoms with Crippen LogP contribution in [0.3, 0.4) is 0 Å². The van der Waals surface area contributed by atoms with Gasteiger partial charge in [-0.1, -0.05) is 23.7 Å². The highest BCUT2D eigenvalue weighted by Crippen LogP contribution is 2.48. The summed E-state index contributed by atoms with van der Waals surface area (Å²) in [7, 11) is 0. The van der Waals surface area contributed by atoms with E-state index in [1.165, 1.54) is 25.1 Å². The lowest BCUT2D eigenvalue weighted by atomic mass is 10.1. The number of benzene rings is 2. The number of hydrogen-bond acceptors (Lipinski definition) is 4. The first-order valence-corrected chi connectivity index (χ1v) is 11.5. The molecule has 2 aromatic carbocycles. The molecule has 176 valence electrons. The first kappa shape index (κ1) is 22.4. The predicted octanol–water partition coefficient (Wildman–Crippen LogP) is 3.65. The molecule has 2 fully saturated rings. The van der Waals surface area contributed by atoms with Crippen LogP contribution in [0.2, 0.25) is 5.02 Å². The maximum Gasteiger partial charge on any atom is 0.243 e. The molecule has 1 unspecified atom stereocenters. The van der Waals surface area contributed by atoms with Crippen LogP contribution in [-0.2, 0) is 22.7 Å². The first-order chi connectivity index (χ1) is 16.2. The van der Waals surface area contributed by atoms with Crippen LogP contribution in [0, 0.1) is 11.7 Å². The van der Waals surface area contributed by atoms with E-state index < -0.39 is 11.9 Å². The summed E-state index contributed by atoms with van der Waals surface area (Å²) in [6, 6.07) is 8.67. The number of rotatable bonds is 6. The van der Waals surface area contributed by atoms with E-state index in [1.54, 1.807) is 33.9 Å². The van der Waals surface area contributed by atoms with Gasteiger partial charge in [0.25, 0.3) is 0 Å². The molecule has 2 heterocycles. The smallest absolute Gasteiger partial charge is 0.243 e. The number of ketones is 1. The standard InChI is InChI=1S/C25H23ClFN3O4/c1-13(31)18-11-29(20-6-5-16(32)9-17(18)20)12-23(33)30-21-7-15(21)8-22(30)25(34)28-10-14-3-2-4-19(26)24(14)27/h2-6,9,11,15,21-22,32H,7-8,10,12H2,1H3,(H,28,34)/t15?,21-,22+/m1/s1. The van der Waals surface area contributed by atoms with E-state index in [0.717, 1.165) is 6.42 Å². The molecule has 1 aromatic heterocycles. The van der Waals surface area contributed by atoms with Crippen molar-refractivity contribution in [3.8, 4) is 5.75 Å². The fraction of sp³-hybridized carbons (Fsp3) is 0.320. The van der Waals surface area contributed by atoms with Gasteiger partial charge in [0.1, 0.15) is 24.2 Å². The molecule has 1 saturated carbocycles. The number of nitrogens with zero attached hydrogens (tertiary/aromatic N) is 2. The number of carbonyl (C=O) groups excluding carboxylic acids is 3. The molecule has 0 bridgehead atoms. The van der Waals surface area contributed by atoms with Gasteiger partial charge in [-0.2, -0.15) is 0 Å². The Bertz CT molecular complexity index is 1340. The highest BCUT2D eigenvalue weighted by Gasteiger charge is 2.55. The molecule has 1 aliphatic heterocycles. The van der Waals surface area contributed by atoms with Gasteiger partial charge < -0.3 is 19.9 Å². The Morgan fingerprint density at radius 3 is 2.76 bits per heavy atom. The zero-order valence-corrected chi connectivity index (χ0v) is 19.2. The van der Waals surface area contributed by atoms with Crippen LogP contribution in [0.4, 0.5) is 4.39 Å². The normalized spacial score (nSPS) is 20.9. The van der Waals surface area contributed by atoms with Crippen molar-refractivity contribution in [3.63, 3.8) is 0 Å². The van der Waals surface area contributed by atoms with Crippen molar-refractivity contribution in [2.75, 3.05) is 0 Å². The van der Waals surface area contributed by atoms with Gasteiger partial charge in [-0.15, -0.1) is 0 Å². The molecule has 0 radical (unpaired) electrons. The third kappa shape index (κ3) is 3.92. The van der Waals surface area contributed by atoms with E-state index in [4.69, 9.17) is 11.6 Å². The van der Waals surface area contributed by atoms with Gasteiger partial charge in [0.2, 0.25) is 11.8 Å².